The lowest BCUT2D eigenvalue weighted by Crippen LogP contribution is -2.23. The topological polar surface area (TPSA) is 58.5 Å². The lowest BCUT2D eigenvalue weighted by molar-refractivity contribution is 0.596. The van der Waals surface area contributed by atoms with Crippen LogP contribution in [0.5, 0.6) is 0 Å². The summed E-state index contributed by atoms with van der Waals surface area (Å²) in [5, 5.41) is 3.48. The predicted octanol–water partition coefficient (Wildman–Crippen LogP) is 3.21. The molecule has 0 spiro atoms. The molecule has 0 fully saturated rings. The van der Waals surface area contributed by atoms with E-state index in [9.17, 15) is 8.42 Å². The van der Waals surface area contributed by atoms with Crippen molar-refractivity contribution in [2.75, 3.05) is 5.32 Å². The minimum absolute atomic E-state index is 0.144. The normalized spacial score (nSPS) is 23.6. The van der Waals surface area contributed by atoms with Crippen LogP contribution in [-0.2, 0) is 10.0 Å². The molecule has 19 heavy (non-hydrogen) atoms. The molecule has 100 valence electrons. The molecule has 1 N–H and O–H groups in total. The van der Waals surface area contributed by atoms with Crippen LogP contribution >= 0.6 is 11.6 Å². The molecular weight excluding hydrogens is 284 g/mol. The smallest absolute Gasteiger partial charge is 0.286 e. The number of hydrogen-bond acceptors (Lipinski definition) is 3. The number of fused-ring (bicyclic) bond motifs is 1. The molecule has 0 saturated heterocycles. The number of rotatable bonds is 2. The van der Waals surface area contributed by atoms with Gasteiger partial charge >= 0.3 is 0 Å². The van der Waals surface area contributed by atoms with Gasteiger partial charge in [-0.15, -0.1) is 4.40 Å². The molecule has 0 aromatic heterocycles. The summed E-state index contributed by atoms with van der Waals surface area (Å²) in [5.74, 6) is 0.877. The third-order valence-corrected chi connectivity index (χ3v) is 4.89. The molecule has 0 amide bonds. The van der Waals surface area contributed by atoms with Crippen molar-refractivity contribution in [1.82, 2.24) is 0 Å². The van der Waals surface area contributed by atoms with E-state index in [1.165, 1.54) is 6.07 Å². The van der Waals surface area contributed by atoms with E-state index in [0.717, 1.165) is 12.8 Å². The van der Waals surface area contributed by atoms with Crippen molar-refractivity contribution >= 4 is 33.1 Å². The Morgan fingerprint density at radius 3 is 3.00 bits per heavy atom. The van der Waals surface area contributed by atoms with Crippen molar-refractivity contribution in [3.05, 3.63) is 35.4 Å². The van der Waals surface area contributed by atoms with Gasteiger partial charge in [0.05, 0.1) is 5.69 Å². The van der Waals surface area contributed by atoms with Crippen LogP contribution in [0.3, 0.4) is 0 Å². The van der Waals surface area contributed by atoms with Crippen LogP contribution in [0.1, 0.15) is 19.3 Å². The van der Waals surface area contributed by atoms with Crippen molar-refractivity contribution in [3.63, 3.8) is 0 Å². The first kappa shape index (κ1) is 12.7. The van der Waals surface area contributed by atoms with Gasteiger partial charge < -0.3 is 5.32 Å². The molecule has 3 rings (SSSR count). The SMILES string of the molecule is O=S1(=O)N=C(C[C@H]2C=CCC2)Nc2ccc(Cl)cc21. The zero-order valence-corrected chi connectivity index (χ0v) is 11.7. The summed E-state index contributed by atoms with van der Waals surface area (Å²) in [7, 11) is -3.64. The number of sulfonamides is 1. The van der Waals surface area contributed by atoms with Crippen LogP contribution in [-0.4, -0.2) is 14.3 Å². The van der Waals surface area contributed by atoms with E-state index >= 15 is 0 Å². The summed E-state index contributed by atoms with van der Waals surface area (Å²) in [6, 6.07) is 4.77. The Labute approximate surface area is 117 Å². The first-order valence-electron chi connectivity index (χ1n) is 6.12. The molecule has 1 aliphatic heterocycles. The van der Waals surface area contributed by atoms with Gasteiger partial charge in [0.2, 0.25) is 0 Å². The van der Waals surface area contributed by atoms with E-state index in [-0.39, 0.29) is 4.90 Å². The standard InChI is InChI=1S/C13H13ClN2O2S/c14-10-5-6-11-12(8-10)19(17,18)16-13(15-11)7-9-3-1-2-4-9/h1,3,5-6,8-9H,2,4,7H2,(H,15,16)/t9-/m0/s1. The number of halogens is 1. The number of benzene rings is 1. The van der Waals surface area contributed by atoms with Crippen LogP contribution in [0.25, 0.3) is 0 Å². The van der Waals surface area contributed by atoms with Gasteiger partial charge in [0.1, 0.15) is 10.7 Å². The molecule has 0 saturated carbocycles. The maximum Gasteiger partial charge on any atom is 0.286 e. The molecule has 4 nitrogen and oxygen atoms in total. The summed E-state index contributed by atoms with van der Waals surface area (Å²) < 4.78 is 28.1. The third-order valence-electron chi connectivity index (χ3n) is 3.30. The second-order valence-corrected chi connectivity index (χ2v) is 6.76. The number of amidine groups is 1. The Kier molecular flexibility index (Phi) is 3.11. The minimum Gasteiger partial charge on any atom is -0.342 e. The van der Waals surface area contributed by atoms with Gasteiger partial charge in [-0.05, 0) is 37.0 Å². The molecule has 2 aliphatic rings. The number of nitrogens with zero attached hydrogens (tertiary/aromatic N) is 1. The zero-order chi connectivity index (χ0) is 13.5. The van der Waals surface area contributed by atoms with Gasteiger partial charge in [0, 0.05) is 11.4 Å². The van der Waals surface area contributed by atoms with Crippen LogP contribution in [0, 0.1) is 5.92 Å². The molecule has 1 atom stereocenters. The first-order valence-corrected chi connectivity index (χ1v) is 7.93. The second kappa shape index (κ2) is 4.65. The summed E-state index contributed by atoms with van der Waals surface area (Å²) in [4.78, 5) is 0.144. The summed E-state index contributed by atoms with van der Waals surface area (Å²) in [6.07, 6.45) is 6.97. The fourth-order valence-electron chi connectivity index (χ4n) is 2.39. The van der Waals surface area contributed by atoms with Gasteiger partial charge in [-0.2, -0.15) is 8.42 Å². The number of anilines is 1. The fourth-order valence-corrected chi connectivity index (χ4v) is 3.81. The Balaban J connectivity index is 1.93. The quantitative estimate of drug-likeness (QED) is 0.853. The molecule has 0 bridgehead atoms. The van der Waals surface area contributed by atoms with Gasteiger partial charge in [-0.1, -0.05) is 23.8 Å². The van der Waals surface area contributed by atoms with E-state index < -0.39 is 10.0 Å². The van der Waals surface area contributed by atoms with Crippen LogP contribution in [0.15, 0.2) is 39.6 Å². The van der Waals surface area contributed by atoms with Gasteiger partial charge in [0.25, 0.3) is 10.0 Å². The highest BCUT2D eigenvalue weighted by Gasteiger charge is 2.26. The molecule has 0 radical (unpaired) electrons. The summed E-state index contributed by atoms with van der Waals surface area (Å²) >= 11 is 5.83. The minimum atomic E-state index is -3.64. The molecule has 1 aliphatic carbocycles. The van der Waals surface area contributed by atoms with Gasteiger partial charge in [-0.25, -0.2) is 0 Å². The monoisotopic (exact) mass is 296 g/mol. The van der Waals surface area contributed by atoms with Gasteiger partial charge in [-0.3, -0.25) is 0 Å². The first-order chi connectivity index (χ1) is 9.04. The molecule has 0 unspecified atom stereocenters. The molecular formula is C13H13ClN2O2S. The Morgan fingerprint density at radius 2 is 2.26 bits per heavy atom. The second-order valence-electron chi connectivity index (χ2n) is 4.75. The number of hydrogen-bond donors (Lipinski definition) is 1. The van der Waals surface area contributed by atoms with E-state index in [1.807, 2.05) is 0 Å². The number of nitrogens with one attached hydrogen (secondary N) is 1. The van der Waals surface area contributed by atoms with Crippen LogP contribution in [0.2, 0.25) is 5.02 Å². The molecule has 1 heterocycles. The van der Waals surface area contributed by atoms with E-state index in [4.69, 9.17) is 11.6 Å². The van der Waals surface area contributed by atoms with Crippen molar-refractivity contribution in [3.8, 4) is 0 Å². The molecule has 1 aromatic carbocycles. The summed E-state index contributed by atoms with van der Waals surface area (Å²) in [5.41, 5.74) is 0.552. The maximum absolute atomic E-state index is 12.1. The highest BCUT2D eigenvalue weighted by atomic mass is 35.5. The largest absolute Gasteiger partial charge is 0.342 e. The highest BCUT2D eigenvalue weighted by molar-refractivity contribution is 7.90. The van der Waals surface area contributed by atoms with Crippen molar-refractivity contribution in [1.29, 1.82) is 0 Å². The Morgan fingerprint density at radius 1 is 1.42 bits per heavy atom. The van der Waals surface area contributed by atoms with E-state index in [0.29, 0.717) is 28.9 Å². The average Bonchev–Trinajstić information content (AvgIpc) is 2.82. The lowest BCUT2D eigenvalue weighted by Gasteiger charge is -2.19. The molecule has 1 aromatic rings. The Hall–Kier alpha value is -1.33. The predicted molar refractivity (Wildman–Crippen MR) is 76.2 cm³/mol. The zero-order valence-electron chi connectivity index (χ0n) is 10.1. The van der Waals surface area contributed by atoms with E-state index in [2.05, 4.69) is 21.9 Å². The fraction of sp³-hybridized carbons (Fsp3) is 0.308. The highest BCUT2D eigenvalue weighted by Crippen LogP contribution is 2.31. The van der Waals surface area contributed by atoms with Crippen molar-refractivity contribution < 1.29 is 8.42 Å². The van der Waals surface area contributed by atoms with E-state index in [1.54, 1.807) is 12.1 Å². The maximum atomic E-state index is 12.1. The lowest BCUT2D eigenvalue weighted by atomic mass is 10.0. The Bertz CT molecular complexity index is 680. The van der Waals surface area contributed by atoms with Crippen molar-refractivity contribution in [2.45, 2.75) is 24.2 Å². The van der Waals surface area contributed by atoms with Gasteiger partial charge in [0.15, 0.2) is 0 Å². The van der Waals surface area contributed by atoms with Crippen LogP contribution in [0.4, 0.5) is 5.69 Å². The average molecular weight is 297 g/mol. The third kappa shape index (κ3) is 2.53. The molecule has 6 heteroatoms. The number of allylic oxidation sites excluding steroid dienone is 2. The van der Waals surface area contributed by atoms with Crippen LogP contribution < -0.4 is 5.32 Å². The van der Waals surface area contributed by atoms with Crippen molar-refractivity contribution in [2.24, 2.45) is 10.3 Å². The summed E-state index contributed by atoms with van der Waals surface area (Å²) in [6.45, 7) is 0.